The fourth-order valence-corrected chi connectivity index (χ4v) is 5.32. The van der Waals surface area contributed by atoms with Crippen LogP contribution in [0.15, 0.2) is 94.9 Å². The maximum atomic E-state index is 11.5. The first-order chi connectivity index (χ1) is 17.3. The first-order valence-corrected chi connectivity index (χ1v) is 12.5. The Morgan fingerprint density at radius 1 is 0.649 bits per heavy atom. The highest BCUT2D eigenvalue weighted by atomic mass is 16.4. The van der Waals surface area contributed by atoms with Gasteiger partial charge in [0.2, 0.25) is 0 Å². The van der Waals surface area contributed by atoms with Crippen molar-refractivity contribution in [2.45, 2.75) is 64.6 Å². The van der Waals surface area contributed by atoms with Crippen LogP contribution in [-0.2, 0) is 12.8 Å². The van der Waals surface area contributed by atoms with E-state index in [1.807, 2.05) is 76.2 Å². The summed E-state index contributed by atoms with van der Waals surface area (Å²) in [5.74, 6) is -1.61. The zero-order valence-electron chi connectivity index (χ0n) is 21.8. The average molecular weight is 505 g/mol. The fourth-order valence-electron chi connectivity index (χ4n) is 5.32. The Bertz CT molecular complexity index is 1240. The Morgan fingerprint density at radius 3 is 1.35 bits per heavy atom. The van der Waals surface area contributed by atoms with Crippen LogP contribution >= 0.6 is 0 Å². The molecule has 0 saturated heterocycles. The van der Waals surface area contributed by atoms with E-state index in [1.165, 1.54) is 0 Å². The third-order valence-electron chi connectivity index (χ3n) is 7.96. The summed E-state index contributed by atoms with van der Waals surface area (Å²) in [6.07, 6.45) is 3.28. The van der Waals surface area contributed by atoms with Crippen LogP contribution in [0.25, 0.3) is 0 Å². The molecule has 0 heterocycles. The van der Waals surface area contributed by atoms with Crippen molar-refractivity contribution in [2.24, 2.45) is 5.41 Å². The minimum atomic E-state index is -1.83. The third kappa shape index (κ3) is 4.91. The van der Waals surface area contributed by atoms with Gasteiger partial charge in [-0.1, -0.05) is 73.5 Å². The van der Waals surface area contributed by atoms with Crippen molar-refractivity contribution in [1.82, 2.24) is 0 Å². The second-order valence-electron chi connectivity index (χ2n) is 11.0. The van der Waals surface area contributed by atoms with Gasteiger partial charge >= 0.3 is 0 Å². The molecule has 0 saturated carbocycles. The summed E-state index contributed by atoms with van der Waals surface area (Å²) in [5, 5.41) is 65.8. The van der Waals surface area contributed by atoms with E-state index in [0.29, 0.717) is 11.1 Å². The van der Waals surface area contributed by atoms with Crippen LogP contribution in [0.5, 0.6) is 0 Å². The normalized spacial score (nSPS) is 24.7. The molecule has 0 aliphatic heterocycles. The van der Waals surface area contributed by atoms with Crippen molar-refractivity contribution in [3.8, 4) is 0 Å². The van der Waals surface area contributed by atoms with E-state index < -0.39 is 28.1 Å². The maximum absolute atomic E-state index is 11.5. The van der Waals surface area contributed by atoms with Crippen LogP contribution in [0, 0.1) is 19.3 Å². The Balaban J connectivity index is 1.74. The van der Waals surface area contributed by atoms with Gasteiger partial charge in [0.05, 0.1) is 0 Å². The van der Waals surface area contributed by atoms with Crippen molar-refractivity contribution in [1.29, 1.82) is 0 Å². The SMILES string of the molecule is Cc1ccccc1CC1(O)C=C(C(C)(C)C2=CC(O)(Cc3ccccc3C)C(O)=C(O)C2)CC(O)=C1O. The highest BCUT2D eigenvalue weighted by Gasteiger charge is 2.45. The second kappa shape index (κ2) is 9.43. The van der Waals surface area contributed by atoms with E-state index in [0.717, 1.165) is 22.3 Å². The van der Waals surface area contributed by atoms with Crippen LogP contribution < -0.4 is 0 Å². The van der Waals surface area contributed by atoms with Gasteiger partial charge in [0, 0.05) is 31.1 Å². The summed E-state index contributed by atoms with van der Waals surface area (Å²) in [4.78, 5) is 0. The molecule has 2 aromatic rings. The minimum Gasteiger partial charge on any atom is -0.508 e. The van der Waals surface area contributed by atoms with E-state index >= 15 is 0 Å². The summed E-state index contributed by atoms with van der Waals surface area (Å²) in [7, 11) is 0. The molecule has 0 bridgehead atoms. The van der Waals surface area contributed by atoms with E-state index in [9.17, 15) is 30.6 Å². The first kappa shape index (κ1) is 26.6. The molecule has 0 amide bonds. The molecule has 0 aromatic heterocycles. The average Bonchev–Trinajstić information content (AvgIpc) is 2.83. The van der Waals surface area contributed by atoms with Gasteiger partial charge < -0.3 is 30.6 Å². The van der Waals surface area contributed by atoms with Crippen molar-refractivity contribution in [3.63, 3.8) is 0 Å². The molecule has 6 heteroatoms. The predicted molar refractivity (Wildman–Crippen MR) is 143 cm³/mol. The van der Waals surface area contributed by atoms with E-state index in [2.05, 4.69) is 0 Å². The number of allylic oxidation sites excluding steroid dienone is 2. The molecule has 2 unspecified atom stereocenters. The molecule has 2 atom stereocenters. The fraction of sp³-hybridized carbons (Fsp3) is 0.355. The lowest BCUT2D eigenvalue weighted by molar-refractivity contribution is 0.0606. The highest BCUT2D eigenvalue weighted by Crippen LogP contribution is 2.48. The minimum absolute atomic E-state index is 0.00106. The van der Waals surface area contributed by atoms with Crippen molar-refractivity contribution in [3.05, 3.63) is 117 Å². The van der Waals surface area contributed by atoms with E-state index in [4.69, 9.17) is 0 Å². The van der Waals surface area contributed by atoms with Crippen LogP contribution in [0.2, 0.25) is 0 Å². The van der Waals surface area contributed by atoms with Crippen LogP contribution in [0.3, 0.4) is 0 Å². The molecule has 37 heavy (non-hydrogen) atoms. The van der Waals surface area contributed by atoms with Gasteiger partial charge in [0.15, 0.2) is 11.5 Å². The van der Waals surface area contributed by atoms with Crippen molar-refractivity contribution < 1.29 is 30.6 Å². The van der Waals surface area contributed by atoms with Gasteiger partial charge in [-0.25, -0.2) is 0 Å². The zero-order chi connectivity index (χ0) is 27.2. The molecule has 6 nitrogen and oxygen atoms in total. The molecule has 2 aliphatic rings. The number of hydrogen-bond donors (Lipinski definition) is 6. The van der Waals surface area contributed by atoms with E-state index in [1.54, 1.807) is 12.2 Å². The number of hydrogen-bond acceptors (Lipinski definition) is 6. The molecule has 0 spiro atoms. The lowest BCUT2D eigenvalue weighted by atomic mass is 9.67. The van der Waals surface area contributed by atoms with Gasteiger partial charge in [-0.2, -0.15) is 0 Å². The van der Waals surface area contributed by atoms with Gasteiger partial charge in [-0.3, -0.25) is 0 Å². The van der Waals surface area contributed by atoms with Gasteiger partial charge in [-0.15, -0.1) is 0 Å². The largest absolute Gasteiger partial charge is 0.508 e. The van der Waals surface area contributed by atoms with Crippen LogP contribution in [-0.4, -0.2) is 41.8 Å². The summed E-state index contributed by atoms with van der Waals surface area (Å²) in [6, 6.07) is 15.1. The molecular weight excluding hydrogens is 468 g/mol. The number of aliphatic hydroxyl groups excluding tert-OH is 4. The number of benzene rings is 2. The number of aryl methyl sites for hydroxylation is 2. The summed E-state index contributed by atoms with van der Waals surface area (Å²) in [6.45, 7) is 7.58. The molecule has 0 fully saturated rings. The Hall–Kier alpha value is -3.48. The van der Waals surface area contributed by atoms with Crippen LogP contribution in [0.1, 0.15) is 48.9 Å². The van der Waals surface area contributed by atoms with Crippen molar-refractivity contribution >= 4 is 0 Å². The molecule has 0 radical (unpaired) electrons. The van der Waals surface area contributed by atoms with Gasteiger partial charge in [0.1, 0.15) is 22.7 Å². The summed E-state index contributed by atoms with van der Waals surface area (Å²) >= 11 is 0. The molecule has 6 N–H and O–H groups in total. The Kier molecular flexibility index (Phi) is 6.78. The second-order valence-corrected chi connectivity index (χ2v) is 11.0. The molecular formula is C31H36O6. The molecule has 2 aliphatic carbocycles. The summed E-state index contributed by atoms with van der Waals surface area (Å²) in [5.41, 5.74) is 0.304. The monoisotopic (exact) mass is 504 g/mol. The maximum Gasteiger partial charge on any atom is 0.166 e. The standard InChI is InChI=1S/C31H36O6/c1-19-9-5-7-11-21(19)15-30(36)17-23(13-25(32)27(30)34)29(3,4)24-14-26(33)28(35)31(37,18-24)16-22-12-8-6-10-20(22)2/h5-12,17-18,32-37H,13-16H2,1-4H3. The zero-order valence-corrected chi connectivity index (χ0v) is 21.8. The third-order valence-corrected chi connectivity index (χ3v) is 7.96. The highest BCUT2D eigenvalue weighted by molar-refractivity contribution is 5.46. The molecule has 2 aromatic carbocycles. The number of rotatable bonds is 6. The topological polar surface area (TPSA) is 121 Å². The smallest absolute Gasteiger partial charge is 0.166 e. The number of aliphatic hydroxyl groups is 6. The van der Waals surface area contributed by atoms with Gasteiger partial charge in [-0.05, 0) is 48.3 Å². The first-order valence-electron chi connectivity index (χ1n) is 12.5. The van der Waals surface area contributed by atoms with Crippen LogP contribution in [0.4, 0.5) is 0 Å². The Morgan fingerprint density at radius 2 is 1.00 bits per heavy atom. The molecule has 4 rings (SSSR count). The van der Waals surface area contributed by atoms with Gasteiger partial charge in [0.25, 0.3) is 0 Å². The van der Waals surface area contributed by atoms with E-state index in [-0.39, 0.29) is 37.2 Å². The lowest BCUT2D eigenvalue weighted by Crippen LogP contribution is -2.40. The molecule has 196 valence electrons. The van der Waals surface area contributed by atoms with Crippen molar-refractivity contribution in [2.75, 3.05) is 0 Å². The lowest BCUT2D eigenvalue weighted by Gasteiger charge is -2.40. The quantitative estimate of drug-likeness (QED) is 0.273. The summed E-state index contributed by atoms with van der Waals surface area (Å²) < 4.78 is 0. The predicted octanol–water partition coefficient (Wildman–Crippen LogP) is 5.89. The Labute approximate surface area is 217 Å².